The summed E-state index contributed by atoms with van der Waals surface area (Å²) in [4.78, 5) is 24.5. The second-order valence-electron chi connectivity index (χ2n) is 3.99. The van der Waals surface area contributed by atoms with Crippen LogP contribution in [-0.2, 0) is 9.59 Å². The van der Waals surface area contributed by atoms with Gasteiger partial charge in [-0.1, -0.05) is 0 Å². The molecule has 0 saturated carbocycles. The van der Waals surface area contributed by atoms with E-state index in [1.54, 1.807) is 4.90 Å². The number of hydrogen-bond donors (Lipinski definition) is 3. The van der Waals surface area contributed by atoms with Gasteiger partial charge in [0.1, 0.15) is 6.04 Å². The van der Waals surface area contributed by atoms with Crippen molar-refractivity contribution in [2.24, 2.45) is 0 Å². The number of rotatable bonds is 3. The SMILES string of the molecule is CC(=O)NC(CS)C(=O)N1CCC(O)CC1. The minimum Gasteiger partial charge on any atom is -0.393 e. The van der Waals surface area contributed by atoms with Crippen LogP contribution >= 0.6 is 12.6 Å². The Labute approximate surface area is 101 Å². The summed E-state index contributed by atoms with van der Waals surface area (Å²) < 4.78 is 0. The smallest absolute Gasteiger partial charge is 0.245 e. The first kappa shape index (κ1) is 13.3. The molecule has 0 aromatic carbocycles. The van der Waals surface area contributed by atoms with Crippen molar-refractivity contribution >= 4 is 24.4 Å². The molecule has 1 unspecified atom stereocenters. The van der Waals surface area contributed by atoms with Crippen molar-refractivity contribution < 1.29 is 14.7 Å². The van der Waals surface area contributed by atoms with Crippen LogP contribution in [0, 0.1) is 0 Å². The summed E-state index contributed by atoms with van der Waals surface area (Å²) in [6.45, 7) is 2.47. The number of carbonyl (C=O) groups is 2. The summed E-state index contributed by atoms with van der Waals surface area (Å²) in [5.74, 6) is -0.0566. The predicted octanol–water partition coefficient (Wildman–Crippen LogP) is -0.596. The lowest BCUT2D eigenvalue weighted by Gasteiger charge is -2.32. The van der Waals surface area contributed by atoms with Crippen molar-refractivity contribution in [2.45, 2.75) is 31.9 Å². The lowest BCUT2D eigenvalue weighted by molar-refractivity contribution is -0.137. The van der Waals surface area contributed by atoms with Gasteiger partial charge in [-0.2, -0.15) is 12.6 Å². The topological polar surface area (TPSA) is 69.6 Å². The van der Waals surface area contributed by atoms with E-state index in [0.29, 0.717) is 25.9 Å². The third-order valence-corrected chi connectivity index (χ3v) is 3.00. The van der Waals surface area contributed by atoms with Crippen molar-refractivity contribution in [2.75, 3.05) is 18.8 Å². The molecule has 1 heterocycles. The molecule has 16 heavy (non-hydrogen) atoms. The minimum atomic E-state index is -0.559. The number of amides is 2. The number of likely N-dealkylation sites (tertiary alicyclic amines) is 1. The molecule has 2 N–H and O–H groups in total. The van der Waals surface area contributed by atoms with Gasteiger partial charge < -0.3 is 15.3 Å². The highest BCUT2D eigenvalue weighted by Gasteiger charge is 2.27. The number of nitrogens with one attached hydrogen (secondary N) is 1. The average Bonchev–Trinajstić information content (AvgIpc) is 2.25. The molecule has 0 bridgehead atoms. The Balaban J connectivity index is 2.51. The summed E-state index contributed by atoms with van der Waals surface area (Å²) in [7, 11) is 0. The van der Waals surface area contributed by atoms with E-state index in [2.05, 4.69) is 17.9 Å². The van der Waals surface area contributed by atoms with Crippen molar-refractivity contribution in [3.8, 4) is 0 Å². The highest BCUT2D eigenvalue weighted by molar-refractivity contribution is 7.80. The van der Waals surface area contributed by atoms with Gasteiger partial charge in [0.05, 0.1) is 6.10 Å². The largest absolute Gasteiger partial charge is 0.393 e. The van der Waals surface area contributed by atoms with Gasteiger partial charge in [0.2, 0.25) is 11.8 Å². The zero-order chi connectivity index (χ0) is 12.1. The van der Waals surface area contributed by atoms with E-state index in [1.807, 2.05) is 0 Å². The fraction of sp³-hybridized carbons (Fsp3) is 0.800. The number of hydrogen-bond acceptors (Lipinski definition) is 4. The summed E-state index contributed by atoms with van der Waals surface area (Å²) in [6.07, 6.45) is 0.898. The van der Waals surface area contributed by atoms with Crippen molar-refractivity contribution in [1.82, 2.24) is 10.2 Å². The van der Waals surface area contributed by atoms with Gasteiger partial charge in [0.25, 0.3) is 0 Å². The van der Waals surface area contributed by atoms with E-state index >= 15 is 0 Å². The van der Waals surface area contributed by atoms with Crippen LogP contribution in [0.4, 0.5) is 0 Å². The molecule has 5 nitrogen and oxygen atoms in total. The first-order valence-corrected chi connectivity index (χ1v) is 6.02. The van der Waals surface area contributed by atoms with Crippen LogP contribution in [0.2, 0.25) is 0 Å². The molecule has 2 amide bonds. The molecule has 6 heteroatoms. The first-order valence-electron chi connectivity index (χ1n) is 5.39. The van der Waals surface area contributed by atoms with Gasteiger partial charge >= 0.3 is 0 Å². The molecule has 0 spiro atoms. The van der Waals surface area contributed by atoms with Gasteiger partial charge in [0.15, 0.2) is 0 Å². The van der Waals surface area contributed by atoms with E-state index in [9.17, 15) is 14.7 Å². The first-order chi connectivity index (χ1) is 7.54. The summed E-state index contributed by atoms with van der Waals surface area (Å²) in [6, 6.07) is -0.559. The monoisotopic (exact) mass is 246 g/mol. The van der Waals surface area contributed by atoms with E-state index in [-0.39, 0.29) is 23.7 Å². The third kappa shape index (κ3) is 3.68. The second-order valence-corrected chi connectivity index (χ2v) is 4.36. The van der Waals surface area contributed by atoms with E-state index < -0.39 is 6.04 Å². The number of aliphatic hydroxyl groups excluding tert-OH is 1. The van der Waals surface area contributed by atoms with Gasteiger partial charge in [-0.3, -0.25) is 9.59 Å². The Morgan fingerprint density at radius 3 is 2.50 bits per heavy atom. The Kier molecular flexibility index (Phi) is 5.08. The fourth-order valence-electron chi connectivity index (χ4n) is 1.74. The van der Waals surface area contributed by atoms with Crippen LogP contribution < -0.4 is 5.32 Å². The summed E-state index contributed by atoms with van der Waals surface area (Å²) >= 11 is 4.06. The van der Waals surface area contributed by atoms with Crippen molar-refractivity contribution in [3.05, 3.63) is 0 Å². The van der Waals surface area contributed by atoms with E-state index in [1.165, 1.54) is 6.92 Å². The number of carbonyl (C=O) groups excluding carboxylic acids is 2. The second kappa shape index (κ2) is 6.10. The zero-order valence-electron chi connectivity index (χ0n) is 9.35. The maximum absolute atomic E-state index is 12.0. The predicted molar refractivity (Wildman–Crippen MR) is 63.3 cm³/mol. The fourth-order valence-corrected chi connectivity index (χ4v) is 1.98. The maximum Gasteiger partial charge on any atom is 0.245 e. The molecule has 92 valence electrons. The number of nitrogens with zero attached hydrogens (tertiary/aromatic N) is 1. The number of thiol groups is 1. The molecule has 0 aromatic rings. The van der Waals surface area contributed by atoms with E-state index in [0.717, 1.165) is 0 Å². The van der Waals surface area contributed by atoms with Crippen LogP contribution in [0.5, 0.6) is 0 Å². The van der Waals surface area contributed by atoms with Crippen LogP contribution in [0.25, 0.3) is 0 Å². The lowest BCUT2D eigenvalue weighted by Crippen LogP contribution is -2.51. The maximum atomic E-state index is 12.0. The molecule has 0 radical (unpaired) electrons. The highest BCUT2D eigenvalue weighted by atomic mass is 32.1. The number of piperidine rings is 1. The highest BCUT2D eigenvalue weighted by Crippen LogP contribution is 2.11. The van der Waals surface area contributed by atoms with Gasteiger partial charge in [-0.05, 0) is 12.8 Å². The normalized spacial score (nSPS) is 19.3. The molecule has 0 aliphatic carbocycles. The molecule has 1 saturated heterocycles. The molecule has 0 aromatic heterocycles. The molecule has 1 rings (SSSR count). The van der Waals surface area contributed by atoms with Gasteiger partial charge in [-0.25, -0.2) is 0 Å². The van der Waals surface area contributed by atoms with Crippen LogP contribution in [-0.4, -0.2) is 52.8 Å². The Morgan fingerprint density at radius 2 is 2.06 bits per heavy atom. The lowest BCUT2D eigenvalue weighted by atomic mass is 10.1. The zero-order valence-corrected chi connectivity index (χ0v) is 10.2. The summed E-state index contributed by atoms with van der Waals surface area (Å²) in [5, 5.41) is 11.9. The average molecular weight is 246 g/mol. The molecule has 1 atom stereocenters. The van der Waals surface area contributed by atoms with Gasteiger partial charge in [0, 0.05) is 25.8 Å². The van der Waals surface area contributed by atoms with E-state index in [4.69, 9.17) is 0 Å². The van der Waals surface area contributed by atoms with Crippen LogP contribution in [0.3, 0.4) is 0 Å². The molecular weight excluding hydrogens is 228 g/mol. The quantitative estimate of drug-likeness (QED) is 0.583. The minimum absolute atomic E-state index is 0.114. The van der Waals surface area contributed by atoms with Crippen LogP contribution in [0.1, 0.15) is 19.8 Å². The third-order valence-electron chi connectivity index (χ3n) is 2.63. The van der Waals surface area contributed by atoms with Crippen molar-refractivity contribution in [1.29, 1.82) is 0 Å². The standard InChI is InChI=1S/C10H18N2O3S/c1-7(13)11-9(6-16)10(15)12-4-2-8(14)3-5-12/h8-9,14,16H,2-6H2,1H3,(H,11,13). The Hall–Kier alpha value is -0.750. The molecule has 1 aliphatic rings. The van der Waals surface area contributed by atoms with Crippen molar-refractivity contribution in [3.63, 3.8) is 0 Å². The molecule has 1 aliphatic heterocycles. The van der Waals surface area contributed by atoms with Gasteiger partial charge in [-0.15, -0.1) is 0 Å². The number of aliphatic hydroxyl groups is 1. The van der Waals surface area contributed by atoms with Crippen LogP contribution in [0.15, 0.2) is 0 Å². The molecule has 1 fully saturated rings. The summed E-state index contributed by atoms with van der Waals surface area (Å²) in [5.41, 5.74) is 0. The molecular formula is C10H18N2O3S. The Morgan fingerprint density at radius 1 is 1.50 bits per heavy atom. The Bertz CT molecular complexity index is 265.